The molecular weight excluding hydrogens is 298 g/mol. The maximum atomic E-state index is 12.2. The Balaban J connectivity index is 1.82. The quantitative estimate of drug-likeness (QED) is 0.571. The molecule has 21 heavy (non-hydrogen) atoms. The van der Waals surface area contributed by atoms with Crippen LogP contribution < -0.4 is 5.43 Å². The molecule has 4 rings (SSSR count). The zero-order valence-corrected chi connectivity index (χ0v) is 12.6. The van der Waals surface area contributed by atoms with Crippen molar-refractivity contribution in [3.8, 4) is 0 Å². The predicted molar refractivity (Wildman–Crippen MR) is 90.5 cm³/mol. The lowest BCUT2D eigenvalue weighted by atomic mass is 10.2. The van der Waals surface area contributed by atoms with E-state index in [0.717, 1.165) is 24.7 Å². The Morgan fingerprint density at radius 1 is 0.952 bits per heavy atom. The molecule has 0 saturated carbocycles. The highest BCUT2D eigenvalue weighted by Crippen LogP contribution is 2.36. The van der Waals surface area contributed by atoms with Crippen molar-refractivity contribution < 1.29 is 0 Å². The van der Waals surface area contributed by atoms with E-state index in [2.05, 4.69) is 17.1 Å². The molecule has 2 nitrogen and oxygen atoms in total. The molecule has 0 spiro atoms. The van der Waals surface area contributed by atoms with E-state index in [1.807, 2.05) is 42.6 Å². The Kier molecular flexibility index (Phi) is 3.05. The van der Waals surface area contributed by atoms with Gasteiger partial charge in [0.15, 0.2) is 5.43 Å². The minimum atomic E-state index is 0.0895. The fraction of sp³-hybridized carbons (Fsp3) is 0. The average Bonchev–Trinajstić information content (AvgIpc) is 2.91. The van der Waals surface area contributed by atoms with E-state index >= 15 is 0 Å². The molecule has 0 atom stereocenters. The number of aromatic nitrogens is 1. The molecule has 0 saturated heterocycles. The van der Waals surface area contributed by atoms with Crippen LogP contribution in [0.3, 0.4) is 0 Å². The van der Waals surface area contributed by atoms with Crippen LogP contribution in [0.4, 0.5) is 0 Å². The van der Waals surface area contributed by atoms with Gasteiger partial charge in [0.25, 0.3) is 0 Å². The van der Waals surface area contributed by atoms with Crippen LogP contribution in [0, 0.1) is 0 Å². The highest BCUT2D eigenvalue weighted by Gasteiger charge is 2.08. The second kappa shape index (κ2) is 5.06. The molecule has 0 aliphatic heterocycles. The smallest absolute Gasteiger partial charge is 0.189 e. The van der Waals surface area contributed by atoms with Crippen LogP contribution in [0.1, 0.15) is 0 Å². The molecule has 4 aromatic rings. The second-order valence-corrected chi connectivity index (χ2v) is 7.15. The number of fused-ring (bicyclic) bond motifs is 2. The molecular formula is C17H11NOS2. The first-order valence-corrected chi connectivity index (χ1v) is 8.21. The number of nitrogens with one attached hydrogen (secondary N) is 1. The molecule has 0 unspecified atom stereocenters. The molecule has 0 radical (unpaired) electrons. The molecule has 1 N–H and O–H groups in total. The number of para-hydroxylation sites is 1. The standard InChI is InChI=1S/C17H11NOS2/c19-14-9-17(20-15-8-4-2-6-12(14)15)21-16-10-18-13-7-3-1-5-11(13)16/h1-10,18H. The number of rotatable bonds is 2. The molecule has 2 aromatic carbocycles. The van der Waals surface area contributed by atoms with Gasteiger partial charge in [0, 0.05) is 38.1 Å². The van der Waals surface area contributed by atoms with Crippen molar-refractivity contribution in [2.24, 2.45) is 0 Å². The van der Waals surface area contributed by atoms with Crippen molar-refractivity contribution in [1.29, 1.82) is 0 Å². The van der Waals surface area contributed by atoms with Gasteiger partial charge in [-0.2, -0.15) is 0 Å². The van der Waals surface area contributed by atoms with E-state index in [4.69, 9.17) is 0 Å². The van der Waals surface area contributed by atoms with Crippen LogP contribution in [0.25, 0.3) is 21.0 Å². The van der Waals surface area contributed by atoms with Gasteiger partial charge in [-0.25, -0.2) is 0 Å². The van der Waals surface area contributed by atoms with Crippen LogP contribution in [0.5, 0.6) is 0 Å². The molecule has 0 aliphatic rings. The zero-order chi connectivity index (χ0) is 14.2. The lowest BCUT2D eigenvalue weighted by Gasteiger charge is -2.01. The zero-order valence-electron chi connectivity index (χ0n) is 11.0. The first-order valence-electron chi connectivity index (χ1n) is 6.58. The summed E-state index contributed by atoms with van der Waals surface area (Å²) in [4.78, 5) is 16.6. The van der Waals surface area contributed by atoms with Gasteiger partial charge < -0.3 is 4.98 Å². The maximum absolute atomic E-state index is 12.2. The van der Waals surface area contributed by atoms with Crippen LogP contribution in [-0.2, 0) is 0 Å². The van der Waals surface area contributed by atoms with Crippen molar-refractivity contribution in [3.63, 3.8) is 0 Å². The lowest BCUT2D eigenvalue weighted by molar-refractivity contribution is 1.41. The summed E-state index contributed by atoms with van der Waals surface area (Å²) in [6.45, 7) is 0. The first-order chi connectivity index (χ1) is 10.3. The van der Waals surface area contributed by atoms with Crippen LogP contribution in [0.2, 0.25) is 0 Å². The minimum Gasteiger partial charge on any atom is -0.360 e. The number of hydrogen-bond donors (Lipinski definition) is 1. The number of aromatic amines is 1. The molecule has 102 valence electrons. The molecule has 2 heterocycles. The SMILES string of the molecule is O=c1cc(Sc2c[nH]c3ccccc23)sc2ccccc12. The van der Waals surface area contributed by atoms with Crippen LogP contribution >= 0.6 is 23.1 Å². The van der Waals surface area contributed by atoms with Gasteiger partial charge in [-0.1, -0.05) is 42.1 Å². The van der Waals surface area contributed by atoms with Gasteiger partial charge in [0.05, 0.1) is 4.21 Å². The minimum absolute atomic E-state index is 0.0895. The molecule has 2 aromatic heterocycles. The Morgan fingerprint density at radius 2 is 1.71 bits per heavy atom. The predicted octanol–water partition coefficient (Wildman–Crippen LogP) is 4.89. The highest BCUT2D eigenvalue weighted by molar-refractivity contribution is 8.01. The average molecular weight is 309 g/mol. The van der Waals surface area contributed by atoms with Crippen molar-refractivity contribution in [3.05, 3.63) is 71.0 Å². The Bertz CT molecular complexity index is 1000. The summed E-state index contributed by atoms with van der Waals surface area (Å²) in [5, 5.41) is 1.99. The summed E-state index contributed by atoms with van der Waals surface area (Å²) in [7, 11) is 0. The monoisotopic (exact) mass is 309 g/mol. The van der Waals surface area contributed by atoms with E-state index in [1.165, 1.54) is 5.39 Å². The van der Waals surface area contributed by atoms with E-state index in [9.17, 15) is 4.79 Å². The van der Waals surface area contributed by atoms with Crippen molar-refractivity contribution in [2.45, 2.75) is 9.10 Å². The molecule has 0 aliphatic carbocycles. The summed E-state index contributed by atoms with van der Waals surface area (Å²) in [6, 6.07) is 17.7. The summed E-state index contributed by atoms with van der Waals surface area (Å²) < 4.78 is 2.05. The summed E-state index contributed by atoms with van der Waals surface area (Å²) in [6.07, 6.45) is 2.00. The maximum Gasteiger partial charge on any atom is 0.189 e. The summed E-state index contributed by atoms with van der Waals surface area (Å²) >= 11 is 3.30. The third kappa shape index (κ3) is 2.26. The molecule has 4 heteroatoms. The lowest BCUT2D eigenvalue weighted by Crippen LogP contribution is -1.97. The fourth-order valence-corrected chi connectivity index (χ4v) is 4.67. The fourth-order valence-electron chi connectivity index (χ4n) is 2.37. The van der Waals surface area contributed by atoms with Crippen molar-refractivity contribution in [2.75, 3.05) is 0 Å². The third-order valence-electron chi connectivity index (χ3n) is 3.37. The highest BCUT2D eigenvalue weighted by atomic mass is 32.2. The van der Waals surface area contributed by atoms with Gasteiger partial charge in [-0.05, 0) is 18.2 Å². The van der Waals surface area contributed by atoms with Gasteiger partial charge in [0.1, 0.15) is 0 Å². The van der Waals surface area contributed by atoms with Crippen molar-refractivity contribution in [1.82, 2.24) is 4.98 Å². The van der Waals surface area contributed by atoms with Gasteiger partial charge in [-0.15, -0.1) is 11.3 Å². The normalized spacial score (nSPS) is 11.2. The van der Waals surface area contributed by atoms with Crippen LogP contribution in [0.15, 0.2) is 74.7 Å². The Hall–Kier alpha value is -2.04. The first kappa shape index (κ1) is 12.7. The number of hydrogen-bond acceptors (Lipinski definition) is 3. The summed E-state index contributed by atoms with van der Waals surface area (Å²) in [5.41, 5.74) is 1.21. The topological polar surface area (TPSA) is 32.9 Å². The van der Waals surface area contributed by atoms with E-state index in [0.29, 0.717) is 0 Å². The Labute approximate surface area is 129 Å². The Morgan fingerprint density at radius 3 is 2.62 bits per heavy atom. The molecule has 0 amide bonds. The number of benzene rings is 2. The summed E-state index contributed by atoms with van der Waals surface area (Å²) in [5.74, 6) is 0. The largest absolute Gasteiger partial charge is 0.360 e. The third-order valence-corrected chi connectivity index (χ3v) is 5.65. The van der Waals surface area contributed by atoms with Gasteiger partial charge in [-0.3, -0.25) is 4.79 Å². The van der Waals surface area contributed by atoms with E-state index in [-0.39, 0.29) is 5.43 Å². The van der Waals surface area contributed by atoms with Crippen LogP contribution in [-0.4, -0.2) is 4.98 Å². The van der Waals surface area contributed by atoms with Crippen molar-refractivity contribution >= 4 is 44.1 Å². The van der Waals surface area contributed by atoms with E-state index in [1.54, 1.807) is 29.2 Å². The number of H-pyrrole nitrogens is 1. The second-order valence-electron chi connectivity index (χ2n) is 4.73. The molecule has 0 bridgehead atoms. The van der Waals surface area contributed by atoms with Gasteiger partial charge >= 0.3 is 0 Å². The van der Waals surface area contributed by atoms with E-state index < -0.39 is 0 Å². The van der Waals surface area contributed by atoms with Gasteiger partial charge in [0.2, 0.25) is 0 Å². The molecule has 0 fully saturated rings.